The van der Waals surface area contributed by atoms with Gasteiger partial charge in [0.15, 0.2) is 0 Å². The molecule has 1 aromatic rings. The van der Waals surface area contributed by atoms with Gasteiger partial charge in [-0.1, -0.05) is 46.0 Å². The molecule has 0 amide bonds. The fraction of sp³-hybridized carbons (Fsp3) is 0.833. The van der Waals surface area contributed by atoms with Crippen LogP contribution in [0.5, 0.6) is 0 Å². The maximum Gasteiger partial charge on any atom is 0.0940 e. The third-order valence-electron chi connectivity index (χ3n) is 4.96. The molecular formula is C18H32N2S. The third kappa shape index (κ3) is 5.71. The second-order valence-electron chi connectivity index (χ2n) is 6.61. The van der Waals surface area contributed by atoms with Gasteiger partial charge in [-0.2, -0.15) is 0 Å². The molecule has 3 heteroatoms. The van der Waals surface area contributed by atoms with Crippen LogP contribution in [-0.2, 0) is 6.42 Å². The Morgan fingerprint density at radius 2 is 2.05 bits per heavy atom. The minimum absolute atomic E-state index is 0.642. The van der Waals surface area contributed by atoms with Gasteiger partial charge in [0.1, 0.15) is 0 Å². The van der Waals surface area contributed by atoms with Crippen LogP contribution in [0.3, 0.4) is 0 Å². The summed E-state index contributed by atoms with van der Waals surface area (Å²) < 4.78 is 0. The summed E-state index contributed by atoms with van der Waals surface area (Å²) >= 11 is 1.81. The molecule has 0 spiro atoms. The topological polar surface area (TPSA) is 24.9 Å². The Hall–Kier alpha value is -0.410. The van der Waals surface area contributed by atoms with Crippen LogP contribution < -0.4 is 5.32 Å². The summed E-state index contributed by atoms with van der Waals surface area (Å²) in [5, 5.41) is 7.21. The molecule has 1 unspecified atom stereocenters. The predicted molar refractivity (Wildman–Crippen MR) is 92.9 cm³/mol. The lowest BCUT2D eigenvalue weighted by atomic mass is 9.76. The van der Waals surface area contributed by atoms with Crippen LogP contribution in [0.1, 0.15) is 70.2 Å². The van der Waals surface area contributed by atoms with Gasteiger partial charge < -0.3 is 5.32 Å². The molecule has 2 rings (SSSR count). The third-order valence-corrected chi connectivity index (χ3v) is 5.76. The van der Waals surface area contributed by atoms with Gasteiger partial charge in [0.2, 0.25) is 0 Å². The molecule has 1 aromatic heterocycles. The van der Waals surface area contributed by atoms with E-state index in [2.05, 4.69) is 29.5 Å². The van der Waals surface area contributed by atoms with Gasteiger partial charge in [-0.15, -0.1) is 11.3 Å². The highest BCUT2D eigenvalue weighted by molar-refractivity contribution is 7.09. The van der Waals surface area contributed by atoms with E-state index < -0.39 is 0 Å². The Bertz CT molecular complexity index is 355. The molecule has 21 heavy (non-hydrogen) atoms. The smallest absolute Gasteiger partial charge is 0.0940 e. The summed E-state index contributed by atoms with van der Waals surface area (Å²) in [6.45, 7) is 5.71. The number of hydrogen-bond acceptors (Lipinski definition) is 3. The Morgan fingerprint density at radius 3 is 2.67 bits per heavy atom. The maximum atomic E-state index is 4.49. The van der Waals surface area contributed by atoms with Crippen molar-refractivity contribution in [1.82, 2.24) is 10.3 Å². The summed E-state index contributed by atoms with van der Waals surface area (Å²) in [7, 11) is 0. The number of rotatable bonds is 9. The lowest BCUT2D eigenvalue weighted by molar-refractivity contribution is 0.211. The SMILES string of the molecule is CCCCC1CCC(C(Cc2nccs2)NCCC)CC1. The average Bonchev–Trinajstić information content (AvgIpc) is 3.03. The fourth-order valence-corrected chi connectivity index (χ4v) is 4.33. The summed E-state index contributed by atoms with van der Waals surface area (Å²) in [6.07, 6.45) is 14.3. The number of thiazole rings is 1. The molecule has 1 heterocycles. The molecule has 1 saturated carbocycles. The second kappa shape index (κ2) is 9.58. The Labute approximate surface area is 134 Å². The molecular weight excluding hydrogens is 276 g/mol. The lowest BCUT2D eigenvalue weighted by Gasteiger charge is -2.34. The number of aromatic nitrogens is 1. The van der Waals surface area contributed by atoms with Crippen molar-refractivity contribution in [3.05, 3.63) is 16.6 Å². The van der Waals surface area contributed by atoms with Crippen molar-refractivity contribution in [1.29, 1.82) is 0 Å². The molecule has 120 valence electrons. The molecule has 0 radical (unpaired) electrons. The van der Waals surface area contributed by atoms with Crippen molar-refractivity contribution >= 4 is 11.3 Å². The van der Waals surface area contributed by atoms with E-state index in [1.54, 1.807) is 0 Å². The van der Waals surface area contributed by atoms with Gasteiger partial charge in [-0.25, -0.2) is 4.98 Å². The Kier molecular flexibility index (Phi) is 7.73. The highest BCUT2D eigenvalue weighted by Gasteiger charge is 2.27. The monoisotopic (exact) mass is 308 g/mol. The van der Waals surface area contributed by atoms with Crippen molar-refractivity contribution in [2.45, 2.75) is 77.7 Å². The van der Waals surface area contributed by atoms with Crippen LogP contribution in [0.25, 0.3) is 0 Å². The zero-order valence-electron chi connectivity index (χ0n) is 13.8. The van der Waals surface area contributed by atoms with Crippen LogP contribution in [0.15, 0.2) is 11.6 Å². The molecule has 1 aliphatic rings. The highest BCUT2D eigenvalue weighted by atomic mass is 32.1. The molecule has 1 atom stereocenters. The van der Waals surface area contributed by atoms with Gasteiger partial charge >= 0.3 is 0 Å². The van der Waals surface area contributed by atoms with Crippen molar-refractivity contribution in [2.24, 2.45) is 11.8 Å². The van der Waals surface area contributed by atoms with Crippen molar-refractivity contribution < 1.29 is 0 Å². The van der Waals surface area contributed by atoms with Crippen molar-refractivity contribution in [3.8, 4) is 0 Å². The first kappa shape index (κ1) is 17.0. The highest BCUT2D eigenvalue weighted by Crippen LogP contribution is 2.34. The lowest BCUT2D eigenvalue weighted by Crippen LogP contribution is -2.40. The molecule has 1 fully saturated rings. The minimum atomic E-state index is 0.642. The molecule has 0 bridgehead atoms. The van der Waals surface area contributed by atoms with E-state index in [0.717, 1.165) is 24.8 Å². The molecule has 2 nitrogen and oxygen atoms in total. The standard InChI is InChI=1S/C18H32N2S/c1-3-5-6-15-7-9-16(10-8-15)17(19-11-4-2)14-18-20-12-13-21-18/h12-13,15-17,19H,3-11,14H2,1-2H3. The number of nitrogens with zero attached hydrogens (tertiary/aromatic N) is 1. The largest absolute Gasteiger partial charge is 0.313 e. The van der Waals surface area contributed by atoms with Crippen LogP contribution in [-0.4, -0.2) is 17.6 Å². The van der Waals surface area contributed by atoms with Crippen LogP contribution in [0.4, 0.5) is 0 Å². The second-order valence-corrected chi connectivity index (χ2v) is 7.59. The maximum absolute atomic E-state index is 4.49. The van der Waals surface area contributed by atoms with Gasteiger partial charge in [-0.05, 0) is 37.6 Å². The van der Waals surface area contributed by atoms with Gasteiger partial charge in [-0.3, -0.25) is 0 Å². The first-order valence-corrected chi connectivity index (χ1v) is 9.83. The molecule has 0 aliphatic heterocycles. The minimum Gasteiger partial charge on any atom is -0.313 e. The quantitative estimate of drug-likeness (QED) is 0.690. The van der Waals surface area contributed by atoms with Gasteiger partial charge in [0.25, 0.3) is 0 Å². The molecule has 0 saturated heterocycles. The van der Waals surface area contributed by atoms with E-state index in [9.17, 15) is 0 Å². The summed E-state index contributed by atoms with van der Waals surface area (Å²) in [5.74, 6) is 1.87. The van der Waals surface area contributed by atoms with Gasteiger partial charge in [0.05, 0.1) is 5.01 Å². The van der Waals surface area contributed by atoms with E-state index in [1.165, 1.54) is 56.4 Å². The zero-order chi connectivity index (χ0) is 14.9. The van der Waals surface area contributed by atoms with E-state index >= 15 is 0 Å². The Balaban J connectivity index is 1.83. The van der Waals surface area contributed by atoms with E-state index in [0.29, 0.717) is 6.04 Å². The predicted octanol–water partition coefficient (Wildman–Crippen LogP) is 5.05. The van der Waals surface area contributed by atoms with Crippen LogP contribution in [0, 0.1) is 11.8 Å². The molecule has 1 N–H and O–H groups in total. The Morgan fingerprint density at radius 1 is 1.24 bits per heavy atom. The summed E-state index contributed by atoms with van der Waals surface area (Å²) in [4.78, 5) is 4.49. The van der Waals surface area contributed by atoms with E-state index in [-0.39, 0.29) is 0 Å². The van der Waals surface area contributed by atoms with Crippen LogP contribution >= 0.6 is 11.3 Å². The molecule has 0 aromatic carbocycles. The summed E-state index contributed by atoms with van der Waals surface area (Å²) in [6, 6.07) is 0.642. The normalized spacial score (nSPS) is 24.1. The average molecular weight is 309 g/mol. The van der Waals surface area contributed by atoms with Crippen molar-refractivity contribution in [3.63, 3.8) is 0 Å². The number of hydrogen-bond donors (Lipinski definition) is 1. The number of unbranched alkanes of at least 4 members (excludes halogenated alkanes) is 1. The summed E-state index contributed by atoms with van der Waals surface area (Å²) in [5.41, 5.74) is 0. The first-order valence-electron chi connectivity index (χ1n) is 8.95. The molecule has 1 aliphatic carbocycles. The van der Waals surface area contributed by atoms with Crippen LogP contribution in [0.2, 0.25) is 0 Å². The van der Waals surface area contributed by atoms with E-state index in [1.807, 2.05) is 17.5 Å². The van der Waals surface area contributed by atoms with Gasteiger partial charge in [0, 0.05) is 24.0 Å². The first-order chi connectivity index (χ1) is 10.3. The zero-order valence-corrected chi connectivity index (χ0v) is 14.6. The van der Waals surface area contributed by atoms with E-state index in [4.69, 9.17) is 0 Å². The van der Waals surface area contributed by atoms with Crippen molar-refractivity contribution in [2.75, 3.05) is 6.54 Å². The number of nitrogens with one attached hydrogen (secondary N) is 1. The fourth-order valence-electron chi connectivity index (χ4n) is 3.65.